The van der Waals surface area contributed by atoms with Crippen LogP contribution in [-0.2, 0) is 0 Å². The number of aromatic nitrogens is 2. The van der Waals surface area contributed by atoms with Crippen molar-refractivity contribution in [1.82, 2.24) is 9.59 Å². The van der Waals surface area contributed by atoms with Gasteiger partial charge in [0.25, 0.3) is 0 Å². The highest BCUT2D eigenvalue weighted by Crippen LogP contribution is 2.27. The van der Waals surface area contributed by atoms with Gasteiger partial charge in [0, 0.05) is 10.9 Å². The van der Waals surface area contributed by atoms with Crippen LogP contribution in [0, 0.1) is 0 Å². The normalized spacial score (nSPS) is 10.1. The molecular formula is C9H9N3OS. The molecule has 72 valence electrons. The molecule has 0 unspecified atom stereocenters. The van der Waals surface area contributed by atoms with Gasteiger partial charge >= 0.3 is 0 Å². The molecule has 14 heavy (non-hydrogen) atoms. The van der Waals surface area contributed by atoms with E-state index in [9.17, 15) is 0 Å². The molecule has 2 aromatic rings. The Kier molecular flexibility index (Phi) is 2.32. The molecule has 0 aliphatic carbocycles. The minimum Gasteiger partial charge on any atom is -0.495 e. The molecule has 4 nitrogen and oxygen atoms in total. The molecule has 1 aromatic heterocycles. The van der Waals surface area contributed by atoms with Gasteiger partial charge in [-0.1, -0.05) is 4.49 Å². The number of benzene rings is 1. The molecule has 5 heteroatoms. The summed E-state index contributed by atoms with van der Waals surface area (Å²) in [4.78, 5) is 0. The molecule has 0 saturated heterocycles. The molecular weight excluding hydrogens is 198 g/mol. The summed E-state index contributed by atoms with van der Waals surface area (Å²) < 4.78 is 8.85. The van der Waals surface area contributed by atoms with Gasteiger partial charge in [0.05, 0.1) is 12.8 Å². The van der Waals surface area contributed by atoms with Crippen molar-refractivity contribution in [2.45, 2.75) is 0 Å². The van der Waals surface area contributed by atoms with Crippen LogP contribution in [0.25, 0.3) is 11.3 Å². The molecule has 0 aliphatic heterocycles. The maximum absolute atomic E-state index is 5.77. The number of hydrogen-bond donors (Lipinski definition) is 1. The highest BCUT2D eigenvalue weighted by atomic mass is 32.1. The van der Waals surface area contributed by atoms with Crippen LogP contribution in [0.3, 0.4) is 0 Å². The number of nitrogen functional groups attached to an aromatic ring is 1. The van der Waals surface area contributed by atoms with E-state index < -0.39 is 0 Å². The Hall–Kier alpha value is -1.62. The predicted octanol–water partition coefficient (Wildman–Crippen LogP) is 1.80. The van der Waals surface area contributed by atoms with Crippen molar-refractivity contribution in [3.63, 3.8) is 0 Å². The minimum absolute atomic E-state index is 0.609. The quantitative estimate of drug-likeness (QED) is 0.763. The van der Waals surface area contributed by atoms with E-state index in [2.05, 4.69) is 9.59 Å². The molecule has 2 N–H and O–H groups in total. The summed E-state index contributed by atoms with van der Waals surface area (Å²) in [5.74, 6) is 0.678. The third kappa shape index (κ3) is 1.54. The lowest BCUT2D eigenvalue weighted by Crippen LogP contribution is -1.92. The summed E-state index contributed by atoms with van der Waals surface area (Å²) in [6.07, 6.45) is 0. The van der Waals surface area contributed by atoms with E-state index in [1.165, 1.54) is 11.5 Å². The lowest BCUT2D eigenvalue weighted by Gasteiger charge is -2.04. The fourth-order valence-corrected chi connectivity index (χ4v) is 1.65. The van der Waals surface area contributed by atoms with Crippen molar-refractivity contribution in [2.24, 2.45) is 0 Å². The molecule has 0 spiro atoms. The summed E-state index contributed by atoms with van der Waals surface area (Å²) in [5.41, 5.74) is 8.17. The summed E-state index contributed by atoms with van der Waals surface area (Å²) in [7, 11) is 1.59. The Balaban J connectivity index is 2.43. The summed E-state index contributed by atoms with van der Waals surface area (Å²) in [6, 6.07) is 5.56. The van der Waals surface area contributed by atoms with E-state index in [0.29, 0.717) is 11.4 Å². The molecule has 0 bridgehead atoms. The molecule has 0 fully saturated rings. The van der Waals surface area contributed by atoms with Gasteiger partial charge in [-0.05, 0) is 29.7 Å². The number of ether oxygens (including phenoxy) is 1. The van der Waals surface area contributed by atoms with Gasteiger partial charge in [0.2, 0.25) is 0 Å². The fourth-order valence-electron chi connectivity index (χ4n) is 1.18. The summed E-state index contributed by atoms with van der Waals surface area (Å²) in [6.45, 7) is 0. The number of nitrogens with two attached hydrogens (primary N) is 1. The van der Waals surface area contributed by atoms with E-state index in [1.807, 2.05) is 23.6 Å². The Morgan fingerprint density at radius 3 is 2.86 bits per heavy atom. The SMILES string of the molecule is COc1ccc(-c2csnn2)cc1N. The summed E-state index contributed by atoms with van der Waals surface area (Å²) in [5, 5.41) is 5.83. The second-order valence-corrected chi connectivity index (χ2v) is 3.36. The van der Waals surface area contributed by atoms with Crippen LogP contribution in [-0.4, -0.2) is 16.7 Å². The Bertz CT molecular complexity index is 428. The molecule has 0 radical (unpaired) electrons. The first-order chi connectivity index (χ1) is 6.81. The average molecular weight is 207 g/mol. The molecule has 0 saturated carbocycles. The Morgan fingerprint density at radius 2 is 2.29 bits per heavy atom. The second-order valence-electron chi connectivity index (χ2n) is 2.75. The van der Waals surface area contributed by atoms with E-state index in [4.69, 9.17) is 10.5 Å². The highest BCUT2D eigenvalue weighted by Gasteiger charge is 2.04. The number of rotatable bonds is 2. The number of anilines is 1. The van der Waals surface area contributed by atoms with Gasteiger partial charge in [-0.25, -0.2) is 0 Å². The largest absolute Gasteiger partial charge is 0.495 e. The topological polar surface area (TPSA) is 61.0 Å². The van der Waals surface area contributed by atoms with Gasteiger partial charge in [0.1, 0.15) is 11.4 Å². The van der Waals surface area contributed by atoms with Crippen molar-refractivity contribution in [1.29, 1.82) is 0 Å². The zero-order chi connectivity index (χ0) is 9.97. The molecule has 2 rings (SSSR count). The van der Waals surface area contributed by atoms with Crippen molar-refractivity contribution in [3.05, 3.63) is 23.6 Å². The number of hydrogen-bond acceptors (Lipinski definition) is 5. The third-order valence-electron chi connectivity index (χ3n) is 1.89. The minimum atomic E-state index is 0.609. The van der Waals surface area contributed by atoms with E-state index in [0.717, 1.165) is 11.3 Å². The molecule has 1 aromatic carbocycles. The smallest absolute Gasteiger partial charge is 0.141 e. The Morgan fingerprint density at radius 1 is 1.43 bits per heavy atom. The maximum atomic E-state index is 5.77. The van der Waals surface area contributed by atoms with E-state index >= 15 is 0 Å². The number of methoxy groups -OCH3 is 1. The molecule has 0 atom stereocenters. The lowest BCUT2D eigenvalue weighted by atomic mass is 10.1. The van der Waals surface area contributed by atoms with Crippen molar-refractivity contribution >= 4 is 17.2 Å². The van der Waals surface area contributed by atoms with Crippen LogP contribution in [0.1, 0.15) is 0 Å². The molecule has 0 amide bonds. The Labute approximate surface area is 85.5 Å². The van der Waals surface area contributed by atoms with E-state index in [1.54, 1.807) is 7.11 Å². The third-order valence-corrected chi connectivity index (χ3v) is 2.39. The van der Waals surface area contributed by atoms with Gasteiger partial charge < -0.3 is 10.5 Å². The van der Waals surface area contributed by atoms with Crippen LogP contribution in [0.2, 0.25) is 0 Å². The monoisotopic (exact) mass is 207 g/mol. The second kappa shape index (κ2) is 3.63. The first-order valence-corrected chi connectivity index (χ1v) is 4.86. The van der Waals surface area contributed by atoms with E-state index in [-0.39, 0.29) is 0 Å². The molecule has 1 heterocycles. The molecule has 0 aliphatic rings. The van der Waals surface area contributed by atoms with Gasteiger partial charge in [-0.15, -0.1) is 5.10 Å². The lowest BCUT2D eigenvalue weighted by molar-refractivity contribution is 0.417. The van der Waals surface area contributed by atoms with Gasteiger partial charge in [0.15, 0.2) is 0 Å². The van der Waals surface area contributed by atoms with Crippen molar-refractivity contribution in [2.75, 3.05) is 12.8 Å². The first kappa shape index (κ1) is 8.96. The van der Waals surface area contributed by atoms with Gasteiger partial charge in [-0.2, -0.15) is 0 Å². The predicted molar refractivity (Wildman–Crippen MR) is 56.3 cm³/mol. The van der Waals surface area contributed by atoms with Crippen molar-refractivity contribution < 1.29 is 4.74 Å². The van der Waals surface area contributed by atoms with Crippen LogP contribution < -0.4 is 10.5 Å². The average Bonchev–Trinajstić information content (AvgIpc) is 2.70. The summed E-state index contributed by atoms with van der Waals surface area (Å²) >= 11 is 1.32. The van der Waals surface area contributed by atoms with Crippen LogP contribution in [0.15, 0.2) is 23.6 Å². The van der Waals surface area contributed by atoms with Crippen LogP contribution >= 0.6 is 11.5 Å². The van der Waals surface area contributed by atoms with Crippen molar-refractivity contribution in [3.8, 4) is 17.0 Å². The maximum Gasteiger partial charge on any atom is 0.141 e. The van der Waals surface area contributed by atoms with Crippen LogP contribution in [0.5, 0.6) is 5.75 Å². The standard InChI is InChI=1S/C9H9N3OS/c1-13-9-3-2-6(4-7(9)10)8-5-14-12-11-8/h2-5H,10H2,1H3. The van der Waals surface area contributed by atoms with Gasteiger partial charge in [-0.3, -0.25) is 0 Å². The zero-order valence-corrected chi connectivity index (χ0v) is 8.41. The zero-order valence-electron chi connectivity index (χ0n) is 7.60. The highest BCUT2D eigenvalue weighted by molar-refractivity contribution is 7.03. The number of nitrogens with zero attached hydrogens (tertiary/aromatic N) is 2. The first-order valence-electron chi connectivity index (χ1n) is 4.02. The fraction of sp³-hybridized carbons (Fsp3) is 0.111. The van der Waals surface area contributed by atoms with Crippen LogP contribution in [0.4, 0.5) is 5.69 Å².